The van der Waals surface area contributed by atoms with Gasteiger partial charge in [-0.15, -0.1) is 0 Å². The first kappa shape index (κ1) is 15.9. The smallest absolute Gasteiger partial charge is 0.408 e. The summed E-state index contributed by atoms with van der Waals surface area (Å²) < 4.78 is 5.16. The number of ether oxygens (including phenoxy) is 1. The predicted octanol–water partition coefficient (Wildman–Crippen LogP) is 2.53. The van der Waals surface area contributed by atoms with Gasteiger partial charge in [-0.05, 0) is 30.2 Å². The Morgan fingerprint density at radius 1 is 1.14 bits per heavy atom. The van der Waals surface area contributed by atoms with Crippen molar-refractivity contribution in [1.82, 2.24) is 5.32 Å². The third-order valence-corrected chi connectivity index (χ3v) is 3.41. The molecule has 0 fully saturated rings. The van der Waals surface area contributed by atoms with E-state index in [1.54, 1.807) is 19.1 Å². The fraction of sp³-hybridized carbons (Fsp3) is 0.235. The first-order valence-corrected chi connectivity index (χ1v) is 6.93. The van der Waals surface area contributed by atoms with Gasteiger partial charge < -0.3 is 20.3 Å². The van der Waals surface area contributed by atoms with Crippen molar-refractivity contribution in [2.24, 2.45) is 0 Å². The quantitative estimate of drug-likeness (QED) is 0.793. The van der Waals surface area contributed by atoms with Crippen molar-refractivity contribution >= 4 is 6.09 Å². The molecule has 2 aromatic carbocycles. The molecule has 0 saturated heterocycles. The highest BCUT2D eigenvalue weighted by Gasteiger charge is 2.28. The first-order chi connectivity index (χ1) is 10.5. The zero-order valence-electron chi connectivity index (χ0n) is 12.3. The number of hydrogen-bond acceptors (Lipinski definition) is 4. The number of alkyl carbamates (subject to hydrolysis) is 1. The molecule has 0 radical (unpaired) electrons. The highest BCUT2D eigenvalue weighted by atomic mass is 16.5. The number of aliphatic hydroxyl groups excluding tert-OH is 1. The van der Waals surface area contributed by atoms with Crippen molar-refractivity contribution in [3.8, 4) is 5.75 Å². The fourth-order valence-electron chi connectivity index (χ4n) is 2.02. The number of benzene rings is 2. The van der Waals surface area contributed by atoms with Gasteiger partial charge in [0.05, 0.1) is 12.1 Å². The topological polar surface area (TPSA) is 78.8 Å². The molecule has 1 amide bonds. The first-order valence-electron chi connectivity index (χ1n) is 6.93. The maximum Gasteiger partial charge on any atom is 0.408 e. The summed E-state index contributed by atoms with van der Waals surface area (Å²) in [7, 11) is 0. The van der Waals surface area contributed by atoms with Gasteiger partial charge >= 0.3 is 6.09 Å². The largest absolute Gasteiger partial charge is 0.508 e. The second-order valence-electron chi connectivity index (χ2n) is 5.22. The van der Waals surface area contributed by atoms with Gasteiger partial charge in [-0.1, -0.05) is 42.5 Å². The van der Waals surface area contributed by atoms with E-state index in [4.69, 9.17) is 4.74 Å². The molecule has 1 unspecified atom stereocenters. The minimum atomic E-state index is -0.985. The highest BCUT2D eigenvalue weighted by Crippen LogP contribution is 2.22. The molecular formula is C17H19NO4. The lowest BCUT2D eigenvalue weighted by molar-refractivity contribution is 0.111. The zero-order valence-corrected chi connectivity index (χ0v) is 12.3. The molecule has 0 heterocycles. The third-order valence-electron chi connectivity index (χ3n) is 3.41. The van der Waals surface area contributed by atoms with Gasteiger partial charge in [0.1, 0.15) is 12.4 Å². The second kappa shape index (κ2) is 6.95. The van der Waals surface area contributed by atoms with Crippen LogP contribution in [-0.4, -0.2) is 22.9 Å². The summed E-state index contributed by atoms with van der Waals surface area (Å²) in [6.45, 7) is 1.55. The zero-order chi connectivity index (χ0) is 16.0. The van der Waals surface area contributed by atoms with E-state index in [9.17, 15) is 15.0 Å². The molecule has 0 saturated carbocycles. The van der Waals surface area contributed by atoms with E-state index in [1.807, 2.05) is 30.3 Å². The Hall–Kier alpha value is -2.53. The molecule has 0 aliphatic carbocycles. The number of phenolic OH excluding ortho intramolecular Hbond substituents is 1. The van der Waals surface area contributed by atoms with Gasteiger partial charge in [-0.25, -0.2) is 4.79 Å². The van der Waals surface area contributed by atoms with Crippen molar-refractivity contribution < 1.29 is 19.7 Å². The molecule has 5 nitrogen and oxygen atoms in total. The molecule has 2 rings (SSSR count). The van der Waals surface area contributed by atoms with E-state index in [1.165, 1.54) is 12.1 Å². The molecule has 22 heavy (non-hydrogen) atoms. The molecule has 0 spiro atoms. The minimum absolute atomic E-state index is 0.121. The Bertz CT molecular complexity index is 612. The van der Waals surface area contributed by atoms with Crippen LogP contribution in [0.5, 0.6) is 5.75 Å². The summed E-state index contributed by atoms with van der Waals surface area (Å²) in [6.07, 6.45) is -0.617. The summed E-state index contributed by atoms with van der Waals surface area (Å²) in [5.74, 6) is 0.121. The number of rotatable bonds is 5. The molecule has 0 aliphatic rings. The lowest BCUT2D eigenvalue weighted by Gasteiger charge is -2.28. The van der Waals surface area contributed by atoms with Crippen molar-refractivity contribution in [2.45, 2.75) is 19.1 Å². The van der Waals surface area contributed by atoms with E-state index >= 15 is 0 Å². The van der Waals surface area contributed by atoms with Gasteiger partial charge in [0.25, 0.3) is 0 Å². The number of hydrogen-bond donors (Lipinski definition) is 3. The summed E-state index contributed by atoms with van der Waals surface area (Å²) in [5, 5.41) is 21.6. The van der Waals surface area contributed by atoms with Gasteiger partial charge in [-0.3, -0.25) is 0 Å². The van der Waals surface area contributed by atoms with Gasteiger partial charge in [0.2, 0.25) is 0 Å². The van der Waals surface area contributed by atoms with Crippen molar-refractivity contribution in [1.29, 1.82) is 0 Å². The summed E-state index contributed by atoms with van der Waals surface area (Å²) in [4.78, 5) is 11.9. The Kier molecular flexibility index (Phi) is 5.01. The van der Waals surface area contributed by atoms with Gasteiger partial charge in [0, 0.05) is 0 Å². The molecular weight excluding hydrogens is 282 g/mol. The van der Waals surface area contributed by atoms with Crippen molar-refractivity contribution in [3.63, 3.8) is 0 Å². The average Bonchev–Trinajstić information content (AvgIpc) is 2.54. The maximum absolute atomic E-state index is 11.9. The van der Waals surface area contributed by atoms with Gasteiger partial charge in [0.15, 0.2) is 0 Å². The Balaban J connectivity index is 1.99. The average molecular weight is 301 g/mol. The van der Waals surface area contributed by atoms with Crippen molar-refractivity contribution in [3.05, 3.63) is 65.7 Å². The van der Waals surface area contributed by atoms with Crippen LogP contribution in [-0.2, 0) is 16.9 Å². The van der Waals surface area contributed by atoms with E-state index in [-0.39, 0.29) is 19.0 Å². The van der Waals surface area contributed by atoms with Crippen LogP contribution in [0.3, 0.4) is 0 Å². The molecule has 0 aromatic heterocycles. The molecule has 116 valence electrons. The van der Waals surface area contributed by atoms with Crippen molar-refractivity contribution in [2.75, 3.05) is 6.61 Å². The number of carbonyl (C=O) groups is 1. The standard InChI is InChI=1S/C17H19NO4/c1-17(12-19,14-7-9-15(20)10-8-14)18-16(21)22-11-13-5-3-2-4-6-13/h2-10,19-20H,11-12H2,1H3,(H,18,21). The third kappa shape index (κ3) is 3.99. The molecule has 2 aromatic rings. The number of phenols is 1. The molecule has 5 heteroatoms. The number of aromatic hydroxyl groups is 1. The van der Waals surface area contributed by atoms with Crippen LogP contribution in [0.15, 0.2) is 54.6 Å². The minimum Gasteiger partial charge on any atom is -0.508 e. The second-order valence-corrected chi connectivity index (χ2v) is 5.22. The number of nitrogens with one attached hydrogen (secondary N) is 1. The SMILES string of the molecule is CC(CO)(NC(=O)OCc1ccccc1)c1ccc(O)cc1. The van der Waals surface area contributed by atoms with Crippen LogP contribution < -0.4 is 5.32 Å². The monoisotopic (exact) mass is 301 g/mol. The van der Waals surface area contributed by atoms with E-state index in [2.05, 4.69) is 5.32 Å². The van der Waals surface area contributed by atoms with Crippen LogP contribution in [0.2, 0.25) is 0 Å². The van der Waals surface area contributed by atoms with E-state index < -0.39 is 11.6 Å². The molecule has 1 atom stereocenters. The number of carbonyl (C=O) groups excluding carboxylic acids is 1. The van der Waals surface area contributed by atoms with Gasteiger partial charge in [-0.2, -0.15) is 0 Å². The maximum atomic E-state index is 11.9. The summed E-state index contributed by atoms with van der Waals surface area (Å²) >= 11 is 0. The summed E-state index contributed by atoms with van der Waals surface area (Å²) in [6, 6.07) is 15.6. The Morgan fingerprint density at radius 3 is 2.36 bits per heavy atom. The van der Waals surface area contributed by atoms with Crippen LogP contribution in [0.25, 0.3) is 0 Å². The van der Waals surface area contributed by atoms with Crippen LogP contribution in [0, 0.1) is 0 Å². The molecule has 0 aliphatic heterocycles. The van der Waals surface area contributed by atoms with Crippen LogP contribution in [0.1, 0.15) is 18.1 Å². The normalized spacial score (nSPS) is 13.2. The summed E-state index contributed by atoms with van der Waals surface area (Å²) in [5.41, 5.74) is 0.569. The fourth-order valence-corrected chi connectivity index (χ4v) is 2.02. The number of amides is 1. The van der Waals surface area contributed by atoms with Crippen LogP contribution in [0.4, 0.5) is 4.79 Å². The van der Waals surface area contributed by atoms with E-state index in [0.29, 0.717) is 5.56 Å². The number of aliphatic hydroxyl groups is 1. The predicted molar refractivity (Wildman–Crippen MR) is 82.3 cm³/mol. The Morgan fingerprint density at radius 2 is 1.77 bits per heavy atom. The molecule has 0 bridgehead atoms. The van der Waals surface area contributed by atoms with Crippen LogP contribution >= 0.6 is 0 Å². The molecule has 3 N–H and O–H groups in total. The lowest BCUT2D eigenvalue weighted by atomic mass is 9.93. The Labute approximate surface area is 129 Å². The van der Waals surface area contributed by atoms with E-state index in [0.717, 1.165) is 5.56 Å². The highest BCUT2D eigenvalue weighted by molar-refractivity contribution is 5.68. The lowest BCUT2D eigenvalue weighted by Crippen LogP contribution is -2.46.